The van der Waals surface area contributed by atoms with Crippen LogP contribution in [0, 0.1) is 0 Å². The molecule has 8 nitrogen and oxygen atoms in total. The molecule has 8 heteroatoms. The van der Waals surface area contributed by atoms with Gasteiger partial charge in [0.25, 0.3) is 5.91 Å². The summed E-state index contributed by atoms with van der Waals surface area (Å²) in [4.78, 5) is 36.3. The van der Waals surface area contributed by atoms with Crippen molar-refractivity contribution in [3.05, 3.63) is 101 Å². The maximum absolute atomic E-state index is 12.1. The van der Waals surface area contributed by atoms with Crippen LogP contribution in [0.1, 0.15) is 42.0 Å². The lowest BCUT2D eigenvalue weighted by atomic mass is 10.0. The van der Waals surface area contributed by atoms with Crippen molar-refractivity contribution in [2.45, 2.75) is 32.9 Å². The molecule has 0 saturated heterocycles. The standard InChI is InChI=1S/C28H30N4O4/c1-20(2)23-14-12-22(13-15-23)17-30-27(34)28(35)32-31-18-24-10-6-7-11-25(24)36-19-26(33)29-16-21-8-4-3-5-9-21/h3-15,18,20H,16-17,19H2,1-2H3,(H,29,33)(H,30,34)(H,32,35)/b31-18-. The van der Waals surface area contributed by atoms with Crippen molar-refractivity contribution >= 4 is 23.9 Å². The number of hydrogen-bond donors (Lipinski definition) is 3. The van der Waals surface area contributed by atoms with Gasteiger partial charge in [-0.1, -0.05) is 80.6 Å². The van der Waals surface area contributed by atoms with E-state index in [0.29, 0.717) is 23.8 Å². The zero-order valence-electron chi connectivity index (χ0n) is 20.4. The van der Waals surface area contributed by atoms with Gasteiger partial charge in [-0.05, 0) is 34.7 Å². The molecule has 0 aliphatic rings. The van der Waals surface area contributed by atoms with E-state index in [1.807, 2.05) is 54.6 Å². The van der Waals surface area contributed by atoms with Gasteiger partial charge in [0.05, 0.1) is 6.21 Å². The van der Waals surface area contributed by atoms with Crippen LogP contribution in [0.5, 0.6) is 5.75 Å². The molecule has 0 bridgehead atoms. The van der Waals surface area contributed by atoms with Gasteiger partial charge in [-0.2, -0.15) is 5.10 Å². The highest BCUT2D eigenvalue weighted by molar-refractivity contribution is 6.35. The van der Waals surface area contributed by atoms with E-state index >= 15 is 0 Å². The summed E-state index contributed by atoms with van der Waals surface area (Å²) in [6.45, 7) is 4.68. The Bertz CT molecular complexity index is 1190. The first-order chi connectivity index (χ1) is 17.4. The summed E-state index contributed by atoms with van der Waals surface area (Å²) in [5.74, 6) is -1.11. The van der Waals surface area contributed by atoms with E-state index in [1.165, 1.54) is 11.8 Å². The third-order valence-electron chi connectivity index (χ3n) is 5.29. The Balaban J connectivity index is 1.44. The van der Waals surface area contributed by atoms with Crippen LogP contribution in [-0.2, 0) is 27.5 Å². The largest absolute Gasteiger partial charge is 0.483 e. The van der Waals surface area contributed by atoms with Gasteiger partial charge in [0.2, 0.25) is 0 Å². The zero-order valence-corrected chi connectivity index (χ0v) is 20.4. The Morgan fingerprint density at radius 2 is 1.44 bits per heavy atom. The quantitative estimate of drug-likeness (QED) is 0.232. The molecule has 0 aliphatic heterocycles. The van der Waals surface area contributed by atoms with E-state index in [1.54, 1.807) is 24.3 Å². The fourth-order valence-electron chi connectivity index (χ4n) is 3.20. The van der Waals surface area contributed by atoms with Crippen LogP contribution >= 0.6 is 0 Å². The number of hydrogen-bond acceptors (Lipinski definition) is 5. The summed E-state index contributed by atoms with van der Waals surface area (Å²) in [6, 6.07) is 24.3. The van der Waals surface area contributed by atoms with E-state index in [0.717, 1.165) is 11.1 Å². The van der Waals surface area contributed by atoms with Gasteiger partial charge in [-0.15, -0.1) is 0 Å². The number of amides is 3. The lowest BCUT2D eigenvalue weighted by Crippen LogP contribution is -2.37. The fraction of sp³-hybridized carbons (Fsp3) is 0.214. The Morgan fingerprint density at radius 3 is 2.17 bits per heavy atom. The van der Waals surface area contributed by atoms with E-state index in [-0.39, 0.29) is 19.1 Å². The molecule has 0 fully saturated rings. The normalized spacial score (nSPS) is 10.8. The molecule has 186 valence electrons. The van der Waals surface area contributed by atoms with Crippen LogP contribution in [0.15, 0.2) is 84.0 Å². The van der Waals surface area contributed by atoms with Crippen LogP contribution in [0.3, 0.4) is 0 Å². The molecule has 0 atom stereocenters. The molecule has 36 heavy (non-hydrogen) atoms. The smallest absolute Gasteiger partial charge is 0.329 e. The van der Waals surface area contributed by atoms with Crippen molar-refractivity contribution in [2.24, 2.45) is 5.10 Å². The first-order valence-electron chi connectivity index (χ1n) is 11.6. The Kier molecular flexibility index (Phi) is 9.76. The Morgan fingerprint density at radius 1 is 0.806 bits per heavy atom. The van der Waals surface area contributed by atoms with Crippen molar-refractivity contribution in [3.8, 4) is 5.75 Å². The minimum atomic E-state index is -0.885. The molecule has 3 aromatic rings. The fourth-order valence-corrected chi connectivity index (χ4v) is 3.20. The number of carbonyl (C=O) groups is 3. The number of ether oxygens (including phenoxy) is 1. The molecule has 3 amide bonds. The monoisotopic (exact) mass is 486 g/mol. The van der Waals surface area contributed by atoms with E-state index in [9.17, 15) is 14.4 Å². The average Bonchev–Trinajstić information content (AvgIpc) is 2.90. The summed E-state index contributed by atoms with van der Waals surface area (Å²) in [6.07, 6.45) is 1.35. The van der Waals surface area contributed by atoms with Crippen LogP contribution in [0.2, 0.25) is 0 Å². The molecule has 0 radical (unpaired) electrons. The summed E-state index contributed by atoms with van der Waals surface area (Å²) in [5.41, 5.74) is 5.83. The third-order valence-corrected chi connectivity index (χ3v) is 5.29. The van der Waals surface area contributed by atoms with Crippen molar-refractivity contribution in [2.75, 3.05) is 6.61 Å². The minimum absolute atomic E-state index is 0.176. The molecule has 3 aromatic carbocycles. The molecule has 3 N–H and O–H groups in total. The van der Waals surface area contributed by atoms with Crippen molar-refractivity contribution in [1.82, 2.24) is 16.1 Å². The van der Waals surface area contributed by atoms with Gasteiger partial charge in [-0.25, -0.2) is 5.43 Å². The maximum atomic E-state index is 12.1. The van der Waals surface area contributed by atoms with E-state index < -0.39 is 11.8 Å². The lowest BCUT2D eigenvalue weighted by molar-refractivity contribution is -0.139. The molecule has 0 heterocycles. The predicted molar refractivity (Wildman–Crippen MR) is 138 cm³/mol. The minimum Gasteiger partial charge on any atom is -0.483 e. The number of nitrogens with one attached hydrogen (secondary N) is 3. The molecule has 0 aliphatic carbocycles. The summed E-state index contributed by atoms with van der Waals surface area (Å²) < 4.78 is 5.61. The number of benzene rings is 3. The molecular weight excluding hydrogens is 456 g/mol. The molecule has 0 saturated carbocycles. The van der Waals surface area contributed by atoms with Gasteiger partial charge < -0.3 is 15.4 Å². The van der Waals surface area contributed by atoms with Crippen LogP contribution in [-0.4, -0.2) is 30.5 Å². The number of para-hydroxylation sites is 1. The second kappa shape index (κ2) is 13.4. The molecule has 3 rings (SSSR count). The Labute approximate surface area is 210 Å². The first kappa shape index (κ1) is 26.2. The SMILES string of the molecule is CC(C)c1ccc(CNC(=O)C(=O)N/N=C\c2ccccc2OCC(=O)NCc2ccccc2)cc1. The summed E-state index contributed by atoms with van der Waals surface area (Å²) in [5, 5.41) is 9.21. The number of hydrazone groups is 1. The molecule has 0 aromatic heterocycles. The summed E-state index contributed by atoms with van der Waals surface area (Å²) >= 11 is 0. The highest BCUT2D eigenvalue weighted by Gasteiger charge is 2.12. The average molecular weight is 487 g/mol. The van der Waals surface area contributed by atoms with Crippen LogP contribution in [0.4, 0.5) is 0 Å². The molecule has 0 unspecified atom stereocenters. The van der Waals surface area contributed by atoms with Gasteiger partial charge in [0, 0.05) is 18.7 Å². The van der Waals surface area contributed by atoms with Gasteiger partial charge in [0.1, 0.15) is 5.75 Å². The van der Waals surface area contributed by atoms with Crippen molar-refractivity contribution in [3.63, 3.8) is 0 Å². The molecule has 0 spiro atoms. The maximum Gasteiger partial charge on any atom is 0.329 e. The third kappa shape index (κ3) is 8.39. The topological polar surface area (TPSA) is 109 Å². The van der Waals surface area contributed by atoms with Crippen LogP contribution in [0.25, 0.3) is 0 Å². The van der Waals surface area contributed by atoms with Crippen molar-refractivity contribution < 1.29 is 19.1 Å². The van der Waals surface area contributed by atoms with Crippen LogP contribution < -0.4 is 20.8 Å². The van der Waals surface area contributed by atoms with Gasteiger partial charge in [-0.3, -0.25) is 14.4 Å². The number of carbonyl (C=O) groups excluding carboxylic acids is 3. The Hall–Kier alpha value is -4.46. The van der Waals surface area contributed by atoms with E-state index in [4.69, 9.17) is 4.74 Å². The number of rotatable bonds is 10. The predicted octanol–water partition coefficient (Wildman–Crippen LogP) is 3.27. The van der Waals surface area contributed by atoms with Crippen molar-refractivity contribution in [1.29, 1.82) is 0 Å². The second-order valence-electron chi connectivity index (χ2n) is 8.37. The second-order valence-corrected chi connectivity index (χ2v) is 8.37. The number of nitrogens with zero attached hydrogens (tertiary/aromatic N) is 1. The summed E-state index contributed by atoms with van der Waals surface area (Å²) in [7, 11) is 0. The highest BCUT2D eigenvalue weighted by Crippen LogP contribution is 2.16. The molecular formula is C28H30N4O4. The van der Waals surface area contributed by atoms with E-state index in [2.05, 4.69) is 35.0 Å². The van der Waals surface area contributed by atoms with Gasteiger partial charge >= 0.3 is 11.8 Å². The first-order valence-corrected chi connectivity index (χ1v) is 11.6. The zero-order chi connectivity index (χ0) is 25.8. The lowest BCUT2D eigenvalue weighted by Gasteiger charge is -2.10. The highest BCUT2D eigenvalue weighted by atomic mass is 16.5. The van der Waals surface area contributed by atoms with Gasteiger partial charge in [0.15, 0.2) is 6.61 Å².